The summed E-state index contributed by atoms with van der Waals surface area (Å²) in [6, 6.07) is 3.66. The van der Waals surface area contributed by atoms with Crippen LogP contribution in [0.4, 0.5) is 0 Å². The molecule has 0 bridgehead atoms. The zero-order valence-electron chi connectivity index (χ0n) is 7.59. The van der Waals surface area contributed by atoms with E-state index in [1.54, 1.807) is 12.3 Å². The van der Waals surface area contributed by atoms with Gasteiger partial charge in [-0.1, -0.05) is 6.92 Å². The molecule has 4 heteroatoms. The van der Waals surface area contributed by atoms with Crippen LogP contribution < -0.4 is 0 Å². The zero-order valence-corrected chi connectivity index (χ0v) is 7.59. The van der Waals surface area contributed by atoms with Gasteiger partial charge in [0.15, 0.2) is 0 Å². The Morgan fingerprint density at radius 1 is 1.54 bits per heavy atom. The summed E-state index contributed by atoms with van der Waals surface area (Å²) in [5.41, 5.74) is 0.836. The van der Waals surface area contributed by atoms with Crippen LogP contribution in [0.15, 0.2) is 18.3 Å². The van der Waals surface area contributed by atoms with Crippen LogP contribution in [0.3, 0.4) is 0 Å². The van der Waals surface area contributed by atoms with Crippen molar-refractivity contribution in [3.63, 3.8) is 0 Å². The molecule has 1 heterocycles. The normalized spacial score (nSPS) is 15.3. The fraction of sp³-hybridized carbons (Fsp3) is 0.556. The summed E-state index contributed by atoms with van der Waals surface area (Å²) in [5.74, 6) is 0.00157. The van der Waals surface area contributed by atoms with Crippen LogP contribution in [-0.4, -0.2) is 33.1 Å². The van der Waals surface area contributed by atoms with Crippen LogP contribution in [0, 0.1) is 5.92 Å². The number of aliphatic hydroxyl groups excluding tert-OH is 2. The molecule has 2 atom stereocenters. The number of aliphatic hydroxyl groups is 2. The summed E-state index contributed by atoms with van der Waals surface area (Å²) in [6.07, 6.45) is 1.56. The fourth-order valence-electron chi connectivity index (χ4n) is 1.09. The van der Waals surface area contributed by atoms with Gasteiger partial charge in [-0.15, -0.1) is 0 Å². The predicted octanol–water partition coefficient (Wildman–Crippen LogP) is 0.00840. The molecule has 4 nitrogen and oxygen atoms in total. The summed E-state index contributed by atoms with van der Waals surface area (Å²) in [6.45, 7) is 1.66. The van der Waals surface area contributed by atoms with Gasteiger partial charge in [0.2, 0.25) is 0 Å². The number of nitrogens with zero attached hydrogens (tertiary/aromatic N) is 2. The average Bonchev–Trinajstić information content (AvgIpc) is 2.18. The van der Waals surface area contributed by atoms with Crippen LogP contribution in [0.2, 0.25) is 0 Å². The molecule has 13 heavy (non-hydrogen) atoms. The largest absolute Gasteiger partial charge is 0.394 e. The standard InChI is InChI=1S/C9H14N2O2/c1-7(9(13)6-12)5-8-3-2-4-10-11-8/h2-4,7,9,12-13H,5-6H2,1H3/t7-,9-/m1/s1. The van der Waals surface area contributed by atoms with Gasteiger partial charge in [-0.2, -0.15) is 10.2 Å². The highest BCUT2D eigenvalue weighted by Gasteiger charge is 2.13. The first-order valence-electron chi connectivity index (χ1n) is 4.29. The second kappa shape index (κ2) is 4.89. The minimum Gasteiger partial charge on any atom is -0.394 e. The molecule has 0 aliphatic rings. The summed E-state index contributed by atoms with van der Waals surface area (Å²) in [4.78, 5) is 0. The molecule has 0 aliphatic heterocycles. The first-order valence-corrected chi connectivity index (χ1v) is 4.29. The first-order chi connectivity index (χ1) is 6.24. The second-order valence-electron chi connectivity index (χ2n) is 3.15. The minimum absolute atomic E-state index is 0.00157. The second-order valence-corrected chi connectivity index (χ2v) is 3.15. The zero-order chi connectivity index (χ0) is 9.68. The topological polar surface area (TPSA) is 66.2 Å². The van der Waals surface area contributed by atoms with Crippen LogP contribution in [0.25, 0.3) is 0 Å². The molecule has 1 rings (SSSR count). The SMILES string of the molecule is C[C@H](Cc1cccnn1)[C@H](O)CO. The molecule has 0 aliphatic carbocycles. The minimum atomic E-state index is -0.679. The Bertz CT molecular complexity index is 241. The molecule has 2 N–H and O–H groups in total. The maximum Gasteiger partial charge on any atom is 0.0800 e. The van der Waals surface area contributed by atoms with Gasteiger partial charge in [-0.3, -0.25) is 0 Å². The van der Waals surface area contributed by atoms with Crippen LogP contribution in [0.1, 0.15) is 12.6 Å². The van der Waals surface area contributed by atoms with Crippen molar-refractivity contribution in [2.45, 2.75) is 19.4 Å². The van der Waals surface area contributed by atoms with Gasteiger partial charge in [0, 0.05) is 6.20 Å². The van der Waals surface area contributed by atoms with Crippen molar-refractivity contribution in [2.75, 3.05) is 6.61 Å². The quantitative estimate of drug-likeness (QED) is 0.688. The van der Waals surface area contributed by atoms with Gasteiger partial charge in [-0.25, -0.2) is 0 Å². The Balaban J connectivity index is 2.50. The van der Waals surface area contributed by atoms with E-state index in [0.29, 0.717) is 6.42 Å². The average molecular weight is 182 g/mol. The molecule has 0 radical (unpaired) electrons. The van der Waals surface area contributed by atoms with E-state index in [9.17, 15) is 5.11 Å². The molecule has 0 spiro atoms. The molecule has 72 valence electrons. The maximum atomic E-state index is 9.29. The van der Waals surface area contributed by atoms with Crippen molar-refractivity contribution in [2.24, 2.45) is 5.92 Å². The molecular weight excluding hydrogens is 168 g/mol. The predicted molar refractivity (Wildman–Crippen MR) is 48.0 cm³/mol. The third-order valence-corrected chi connectivity index (χ3v) is 2.00. The third-order valence-electron chi connectivity index (χ3n) is 2.00. The highest BCUT2D eigenvalue weighted by molar-refractivity contribution is 5.00. The number of hydrogen-bond donors (Lipinski definition) is 2. The molecular formula is C9H14N2O2. The Morgan fingerprint density at radius 3 is 2.85 bits per heavy atom. The highest BCUT2D eigenvalue weighted by Crippen LogP contribution is 2.08. The van der Waals surface area contributed by atoms with Crippen LogP contribution in [0.5, 0.6) is 0 Å². The van der Waals surface area contributed by atoms with E-state index in [1.807, 2.05) is 13.0 Å². The molecule has 0 unspecified atom stereocenters. The lowest BCUT2D eigenvalue weighted by Gasteiger charge is -2.15. The van der Waals surface area contributed by atoms with Crippen molar-refractivity contribution in [3.05, 3.63) is 24.0 Å². The molecule has 0 saturated carbocycles. The molecule has 1 aromatic rings. The fourth-order valence-corrected chi connectivity index (χ4v) is 1.09. The van der Waals surface area contributed by atoms with Gasteiger partial charge < -0.3 is 10.2 Å². The van der Waals surface area contributed by atoms with E-state index < -0.39 is 6.10 Å². The van der Waals surface area contributed by atoms with Crippen molar-refractivity contribution in [3.8, 4) is 0 Å². The van der Waals surface area contributed by atoms with Crippen molar-refractivity contribution in [1.29, 1.82) is 0 Å². The van der Waals surface area contributed by atoms with E-state index in [0.717, 1.165) is 5.69 Å². The molecule has 1 aromatic heterocycles. The van der Waals surface area contributed by atoms with E-state index in [4.69, 9.17) is 5.11 Å². The van der Waals surface area contributed by atoms with Gasteiger partial charge in [0.05, 0.1) is 18.4 Å². The van der Waals surface area contributed by atoms with Gasteiger partial charge in [0.25, 0.3) is 0 Å². The first kappa shape index (κ1) is 10.1. The third kappa shape index (κ3) is 3.08. The molecule has 0 saturated heterocycles. The van der Waals surface area contributed by atoms with E-state index in [2.05, 4.69) is 10.2 Å². The van der Waals surface area contributed by atoms with Gasteiger partial charge in [-0.05, 0) is 24.5 Å². The lowest BCUT2D eigenvalue weighted by atomic mass is 9.99. The lowest BCUT2D eigenvalue weighted by molar-refractivity contribution is 0.0531. The van der Waals surface area contributed by atoms with Crippen molar-refractivity contribution in [1.82, 2.24) is 10.2 Å². The Kier molecular flexibility index (Phi) is 3.79. The van der Waals surface area contributed by atoms with Crippen molar-refractivity contribution < 1.29 is 10.2 Å². The van der Waals surface area contributed by atoms with Crippen LogP contribution >= 0.6 is 0 Å². The number of rotatable bonds is 4. The Hall–Kier alpha value is -1.00. The van der Waals surface area contributed by atoms with Crippen LogP contribution in [-0.2, 0) is 6.42 Å². The Labute approximate surface area is 77.3 Å². The number of hydrogen-bond acceptors (Lipinski definition) is 4. The van der Waals surface area contributed by atoms with Gasteiger partial charge in [0.1, 0.15) is 0 Å². The monoisotopic (exact) mass is 182 g/mol. The van der Waals surface area contributed by atoms with Gasteiger partial charge >= 0.3 is 0 Å². The molecule has 0 aromatic carbocycles. The molecule has 0 fully saturated rings. The smallest absolute Gasteiger partial charge is 0.0800 e. The summed E-state index contributed by atoms with van der Waals surface area (Å²) in [5, 5.41) is 25.6. The summed E-state index contributed by atoms with van der Waals surface area (Å²) >= 11 is 0. The maximum absolute atomic E-state index is 9.29. The van der Waals surface area contributed by atoms with E-state index in [1.165, 1.54) is 0 Å². The van der Waals surface area contributed by atoms with E-state index >= 15 is 0 Å². The molecule has 0 amide bonds. The number of aromatic nitrogens is 2. The Morgan fingerprint density at radius 2 is 2.31 bits per heavy atom. The summed E-state index contributed by atoms with van der Waals surface area (Å²) < 4.78 is 0. The summed E-state index contributed by atoms with van der Waals surface area (Å²) in [7, 11) is 0. The lowest BCUT2D eigenvalue weighted by Crippen LogP contribution is -2.23. The van der Waals surface area contributed by atoms with Crippen molar-refractivity contribution >= 4 is 0 Å². The highest BCUT2D eigenvalue weighted by atomic mass is 16.3. The van der Waals surface area contributed by atoms with E-state index in [-0.39, 0.29) is 12.5 Å².